The van der Waals surface area contributed by atoms with Gasteiger partial charge in [-0.05, 0) is 69.4 Å². The molecule has 2 aliphatic rings. The molecule has 0 spiro atoms. The molecule has 158 valence electrons. The molecule has 29 heavy (non-hydrogen) atoms. The van der Waals surface area contributed by atoms with Gasteiger partial charge in [0.05, 0.1) is 5.92 Å². The van der Waals surface area contributed by atoms with E-state index < -0.39 is 0 Å². The summed E-state index contributed by atoms with van der Waals surface area (Å²) in [6.07, 6.45) is 9.93. The van der Waals surface area contributed by atoms with Crippen molar-refractivity contribution >= 4 is 23.4 Å². The van der Waals surface area contributed by atoms with E-state index in [4.69, 9.17) is 0 Å². The Kier molecular flexibility index (Phi) is 8.23. The minimum absolute atomic E-state index is 0.0368. The number of nitrogens with one attached hydrogen (secondary N) is 2. The van der Waals surface area contributed by atoms with Gasteiger partial charge in [-0.2, -0.15) is 0 Å². The lowest BCUT2D eigenvalue weighted by molar-refractivity contribution is -0.134. The van der Waals surface area contributed by atoms with Crippen molar-refractivity contribution in [1.29, 1.82) is 0 Å². The molecule has 2 saturated heterocycles. The van der Waals surface area contributed by atoms with Crippen LogP contribution in [0.3, 0.4) is 0 Å². The predicted molar refractivity (Wildman–Crippen MR) is 114 cm³/mol. The fourth-order valence-electron chi connectivity index (χ4n) is 4.19. The molecule has 2 heterocycles. The van der Waals surface area contributed by atoms with Crippen molar-refractivity contribution in [1.82, 2.24) is 10.2 Å². The Balaban J connectivity index is 1.31. The van der Waals surface area contributed by atoms with Crippen LogP contribution in [0.5, 0.6) is 0 Å². The maximum atomic E-state index is 12.1. The van der Waals surface area contributed by atoms with Crippen LogP contribution in [0.4, 0.5) is 5.69 Å². The first-order chi connectivity index (χ1) is 14.1. The van der Waals surface area contributed by atoms with Gasteiger partial charge < -0.3 is 10.2 Å². The number of carbonyl (C=O) groups excluding carboxylic acids is 3. The third-order valence-corrected chi connectivity index (χ3v) is 5.91. The number of benzene rings is 1. The Morgan fingerprint density at radius 2 is 1.72 bits per heavy atom. The molecular weight excluding hydrogens is 366 g/mol. The molecule has 2 aliphatic heterocycles. The molecule has 0 aromatic heterocycles. The third kappa shape index (κ3) is 6.96. The Morgan fingerprint density at radius 3 is 2.45 bits per heavy atom. The number of unbranched alkanes of at least 4 members (excludes halogenated alkanes) is 3. The van der Waals surface area contributed by atoms with Crippen molar-refractivity contribution in [3.8, 4) is 0 Å². The van der Waals surface area contributed by atoms with Crippen LogP contribution in [-0.2, 0) is 14.4 Å². The minimum atomic E-state index is -0.289. The highest BCUT2D eigenvalue weighted by Gasteiger charge is 2.27. The van der Waals surface area contributed by atoms with Crippen molar-refractivity contribution in [3.63, 3.8) is 0 Å². The average Bonchev–Trinajstić information content (AvgIpc) is 2.72. The molecule has 1 aromatic rings. The topological polar surface area (TPSA) is 78.5 Å². The van der Waals surface area contributed by atoms with E-state index in [9.17, 15) is 14.4 Å². The van der Waals surface area contributed by atoms with Gasteiger partial charge in [-0.25, -0.2) is 0 Å². The summed E-state index contributed by atoms with van der Waals surface area (Å²) in [6.45, 7) is 3.71. The van der Waals surface area contributed by atoms with E-state index >= 15 is 0 Å². The van der Waals surface area contributed by atoms with E-state index in [0.717, 1.165) is 24.1 Å². The van der Waals surface area contributed by atoms with Gasteiger partial charge in [-0.15, -0.1) is 0 Å². The number of nitrogens with zero attached hydrogens (tertiary/aromatic N) is 1. The quantitative estimate of drug-likeness (QED) is 0.491. The Morgan fingerprint density at radius 1 is 1.00 bits per heavy atom. The standard InChI is InChI=1S/C23H33N3O3/c27-21(8-4-1-2-5-15-26-16-6-3-7-17-26)24-19-11-9-18(10-12-19)20-13-14-22(28)25-23(20)29/h9-12,20H,1-8,13-17H2,(H,24,27)(H,25,28,29). The molecule has 1 atom stereocenters. The summed E-state index contributed by atoms with van der Waals surface area (Å²) in [7, 11) is 0. The van der Waals surface area contributed by atoms with E-state index in [1.807, 2.05) is 24.3 Å². The lowest BCUT2D eigenvalue weighted by Crippen LogP contribution is -2.39. The number of amides is 3. The molecule has 2 N–H and O–H groups in total. The predicted octanol–water partition coefficient (Wildman–Crippen LogP) is 3.58. The summed E-state index contributed by atoms with van der Waals surface area (Å²) < 4.78 is 0. The lowest BCUT2D eigenvalue weighted by Gasteiger charge is -2.26. The number of carbonyl (C=O) groups is 3. The first-order valence-electron chi connectivity index (χ1n) is 11.1. The minimum Gasteiger partial charge on any atom is -0.326 e. The summed E-state index contributed by atoms with van der Waals surface area (Å²) in [5.41, 5.74) is 1.62. The molecule has 1 aromatic carbocycles. The summed E-state index contributed by atoms with van der Waals surface area (Å²) in [5, 5.41) is 5.31. The van der Waals surface area contributed by atoms with E-state index in [1.165, 1.54) is 51.7 Å². The normalized spacial score (nSPS) is 20.3. The number of rotatable bonds is 9. The zero-order chi connectivity index (χ0) is 20.5. The monoisotopic (exact) mass is 399 g/mol. The fraction of sp³-hybridized carbons (Fsp3) is 0.609. The van der Waals surface area contributed by atoms with Crippen molar-refractivity contribution in [2.24, 2.45) is 0 Å². The number of hydrogen-bond acceptors (Lipinski definition) is 4. The van der Waals surface area contributed by atoms with Crippen LogP contribution >= 0.6 is 0 Å². The van der Waals surface area contributed by atoms with Gasteiger partial charge in [0, 0.05) is 18.5 Å². The Labute approximate surface area is 173 Å². The first-order valence-corrected chi connectivity index (χ1v) is 11.1. The number of anilines is 1. The van der Waals surface area contributed by atoms with Gasteiger partial charge in [0.25, 0.3) is 0 Å². The fourth-order valence-corrected chi connectivity index (χ4v) is 4.19. The van der Waals surface area contributed by atoms with Gasteiger partial charge in [0.2, 0.25) is 17.7 Å². The molecule has 0 radical (unpaired) electrons. The molecule has 3 amide bonds. The van der Waals surface area contributed by atoms with Crippen LogP contribution in [0.25, 0.3) is 0 Å². The second kappa shape index (κ2) is 11.1. The van der Waals surface area contributed by atoms with Crippen molar-refractivity contribution < 1.29 is 14.4 Å². The highest BCUT2D eigenvalue weighted by atomic mass is 16.2. The molecule has 0 aliphatic carbocycles. The van der Waals surface area contributed by atoms with Crippen molar-refractivity contribution in [2.45, 2.75) is 70.1 Å². The number of likely N-dealkylation sites (tertiary alicyclic amines) is 1. The number of piperidine rings is 2. The number of hydrogen-bond donors (Lipinski definition) is 2. The van der Waals surface area contributed by atoms with E-state index in [-0.39, 0.29) is 23.6 Å². The molecule has 3 rings (SSSR count). The highest BCUT2D eigenvalue weighted by molar-refractivity contribution is 6.01. The number of imide groups is 1. The lowest BCUT2D eigenvalue weighted by atomic mass is 9.90. The zero-order valence-electron chi connectivity index (χ0n) is 17.3. The van der Waals surface area contributed by atoms with E-state index in [0.29, 0.717) is 19.3 Å². The van der Waals surface area contributed by atoms with Crippen LogP contribution in [0.15, 0.2) is 24.3 Å². The summed E-state index contributed by atoms with van der Waals surface area (Å²) in [4.78, 5) is 37.9. The highest BCUT2D eigenvalue weighted by Crippen LogP contribution is 2.26. The van der Waals surface area contributed by atoms with Crippen LogP contribution in [0.2, 0.25) is 0 Å². The Bertz CT molecular complexity index is 696. The van der Waals surface area contributed by atoms with Crippen LogP contribution < -0.4 is 10.6 Å². The second-order valence-electron chi connectivity index (χ2n) is 8.24. The van der Waals surface area contributed by atoms with Gasteiger partial charge in [0.15, 0.2) is 0 Å². The maximum Gasteiger partial charge on any atom is 0.234 e. The van der Waals surface area contributed by atoms with E-state index in [2.05, 4.69) is 15.5 Å². The summed E-state index contributed by atoms with van der Waals surface area (Å²) in [5.74, 6) is -0.697. The Hall–Kier alpha value is -2.21. The average molecular weight is 400 g/mol. The third-order valence-electron chi connectivity index (χ3n) is 5.91. The molecular formula is C23H33N3O3. The van der Waals surface area contributed by atoms with Crippen LogP contribution in [-0.4, -0.2) is 42.3 Å². The van der Waals surface area contributed by atoms with Crippen LogP contribution in [0, 0.1) is 0 Å². The van der Waals surface area contributed by atoms with Gasteiger partial charge in [-0.3, -0.25) is 19.7 Å². The molecule has 0 bridgehead atoms. The first kappa shape index (κ1) is 21.5. The molecule has 1 unspecified atom stereocenters. The van der Waals surface area contributed by atoms with Gasteiger partial charge in [0.1, 0.15) is 0 Å². The van der Waals surface area contributed by atoms with Crippen molar-refractivity contribution in [3.05, 3.63) is 29.8 Å². The SMILES string of the molecule is O=C1CCC(c2ccc(NC(=O)CCCCCCN3CCCCC3)cc2)C(=O)N1. The molecule has 6 nitrogen and oxygen atoms in total. The maximum absolute atomic E-state index is 12.1. The largest absolute Gasteiger partial charge is 0.326 e. The van der Waals surface area contributed by atoms with E-state index in [1.54, 1.807) is 0 Å². The second-order valence-corrected chi connectivity index (χ2v) is 8.24. The molecule has 6 heteroatoms. The van der Waals surface area contributed by atoms with Crippen molar-refractivity contribution in [2.75, 3.05) is 25.0 Å². The zero-order valence-corrected chi connectivity index (χ0v) is 17.3. The van der Waals surface area contributed by atoms with Crippen LogP contribution in [0.1, 0.15) is 75.7 Å². The van der Waals surface area contributed by atoms with Gasteiger partial charge in [-0.1, -0.05) is 31.4 Å². The summed E-state index contributed by atoms with van der Waals surface area (Å²) >= 11 is 0. The smallest absolute Gasteiger partial charge is 0.234 e. The van der Waals surface area contributed by atoms with Gasteiger partial charge >= 0.3 is 0 Å². The molecule has 0 saturated carbocycles. The molecule has 2 fully saturated rings. The summed E-state index contributed by atoms with van der Waals surface area (Å²) in [6, 6.07) is 7.37.